The van der Waals surface area contributed by atoms with Gasteiger partial charge in [0.2, 0.25) is 20.0 Å². The van der Waals surface area contributed by atoms with Gasteiger partial charge in [0.15, 0.2) is 0 Å². The molecule has 0 aliphatic carbocycles. The number of nitrogens with zero attached hydrogens (tertiary/aromatic N) is 1. The molecule has 102 valence electrons. The quantitative estimate of drug-likeness (QED) is 0.637. The number of nitrogens with one attached hydrogen (secondary N) is 1. The molecule has 1 heterocycles. The Morgan fingerprint density at radius 2 is 1.41 bits per heavy atom. The van der Waals surface area contributed by atoms with Crippen LogP contribution in [-0.4, -0.2) is 38.5 Å². The Hall–Kier alpha value is -0.970. The molecule has 0 amide bonds. The van der Waals surface area contributed by atoms with Gasteiger partial charge in [-0.2, -0.15) is 5.10 Å². The van der Waals surface area contributed by atoms with Gasteiger partial charge in [-0.05, 0) is 19.9 Å². The van der Waals surface area contributed by atoms with Crippen molar-refractivity contribution in [3.63, 3.8) is 0 Å². The molecule has 0 bridgehead atoms. The van der Waals surface area contributed by atoms with E-state index >= 15 is 0 Å². The fourth-order valence-electron chi connectivity index (χ4n) is 0.215. The molecular formula is C7H18N4O4S2. The maximum absolute atomic E-state index is 9.78. The van der Waals surface area contributed by atoms with Gasteiger partial charge in [-0.1, -0.05) is 0 Å². The zero-order chi connectivity index (χ0) is 13.9. The van der Waals surface area contributed by atoms with E-state index in [1.54, 1.807) is 12.4 Å². The van der Waals surface area contributed by atoms with E-state index in [0.717, 1.165) is 0 Å². The SMILES string of the molecule is CCS(N)(=O)=O.CCS(N)(=O)=O.c1cn[nH]c1. The molecule has 1 aromatic rings. The summed E-state index contributed by atoms with van der Waals surface area (Å²) in [7, 11) is -6.32. The van der Waals surface area contributed by atoms with E-state index in [1.165, 1.54) is 13.8 Å². The molecule has 10 heteroatoms. The van der Waals surface area contributed by atoms with Crippen LogP contribution in [0.4, 0.5) is 0 Å². The van der Waals surface area contributed by atoms with Crippen molar-refractivity contribution in [2.45, 2.75) is 13.8 Å². The number of H-pyrrole nitrogens is 1. The first-order valence-electron chi connectivity index (χ1n) is 4.57. The van der Waals surface area contributed by atoms with Gasteiger partial charge in [0, 0.05) is 12.4 Å². The second-order valence-electron chi connectivity index (χ2n) is 2.67. The molecule has 0 atom stereocenters. The molecule has 0 aliphatic heterocycles. The predicted octanol–water partition coefficient (Wildman–Crippen LogP) is -1.00. The Kier molecular flexibility index (Phi) is 9.85. The van der Waals surface area contributed by atoms with Crippen molar-refractivity contribution < 1.29 is 16.8 Å². The summed E-state index contributed by atoms with van der Waals surface area (Å²) in [6, 6.07) is 1.83. The minimum absolute atomic E-state index is 0.0208. The van der Waals surface area contributed by atoms with Crippen LogP contribution in [0.5, 0.6) is 0 Å². The van der Waals surface area contributed by atoms with Crippen LogP contribution < -0.4 is 10.3 Å². The average Bonchev–Trinajstić information content (AvgIpc) is 2.74. The van der Waals surface area contributed by atoms with Crippen molar-refractivity contribution in [1.82, 2.24) is 10.2 Å². The lowest BCUT2D eigenvalue weighted by molar-refractivity contribution is 0.597. The molecule has 0 spiro atoms. The predicted molar refractivity (Wildman–Crippen MR) is 65.9 cm³/mol. The number of sulfonamides is 2. The largest absolute Gasteiger partial charge is 0.286 e. The van der Waals surface area contributed by atoms with Gasteiger partial charge in [-0.3, -0.25) is 5.10 Å². The summed E-state index contributed by atoms with van der Waals surface area (Å²) in [5.74, 6) is 0.0417. The van der Waals surface area contributed by atoms with Crippen LogP contribution >= 0.6 is 0 Å². The summed E-state index contributed by atoms with van der Waals surface area (Å²) >= 11 is 0. The highest BCUT2D eigenvalue weighted by atomic mass is 32.2. The normalized spacial score (nSPS) is 10.6. The molecule has 0 saturated heterocycles. The summed E-state index contributed by atoms with van der Waals surface area (Å²) in [6.07, 6.45) is 3.46. The number of rotatable bonds is 2. The van der Waals surface area contributed by atoms with E-state index in [9.17, 15) is 16.8 Å². The molecule has 0 unspecified atom stereocenters. The van der Waals surface area contributed by atoms with E-state index < -0.39 is 20.0 Å². The number of nitrogens with two attached hydrogens (primary N) is 2. The second kappa shape index (κ2) is 9.10. The van der Waals surface area contributed by atoms with E-state index in [0.29, 0.717) is 0 Å². The summed E-state index contributed by atoms with van der Waals surface area (Å²) in [6.45, 7) is 2.99. The Labute approximate surface area is 102 Å². The fourth-order valence-corrected chi connectivity index (χ4v) is 0.215. The van der Waals surface area contributed by atoms with Gasteiger partial charge in [0.05, 0.1) is 11.5 Å². The molecule has 0 radical (unpaired) electrons. The van der Waals surface area contributed by atoms with Gasteiger partial charge >= 0.3 is 0 Å². The number of hydrogen-bond donors (Lipinski definition) is 3. The van der Waals surface area contributed by atoms with E-state index in [4.69, 9.17) is 0 Å². The molecule has 0 aliphatic rings. The highest BCUT2D eigenvalue weighted by molar-refractivity contribution is 7.89. The molecule has 17 heavy (non-hydrogen) atoms. The zero-order valence-electron chi connectivity index (χ0n) is 9.70. The lowest BCUT2D eigenvalue weighted by atomic mass is 10.8. The van der Waals surface area contributed by atoms with Crippen LogP contribution in [0.2, 0.25) is 0 Å². The van der Waals surface area contributed by atoms with Crippen molar-refractivity contribution in [1.29, 1.82) is 0 Å². The number of hydrogen-bond acceptors (Lipinski definition) is 5. The molecule has 0 fully saturated rings. The lowest BCUT2D eigenvalue weighted by Crippen LogP contribution is -2.13. The summed E-state index contributed by atoms with van der Waals surface area (Å²) in [5, 5.41) is 15.2. The van der Waals surface area contributed by atoms with E-state index in [2.05, 4.69) is 20.5 Å². The van der Waals surface area contributed by atoms with Gasteiger partial charge in [-0.15, -0.1) is 0 Å². The van der Waals surface area contributed by atoms with Crippen molar-refractivity contribution in [2.24, 2.45) is 10.3 Å². The Morgan fingerprint density at radius 3 is 1.47 bits per heavy atom. The number of aromatic amines is 1. The fraction of sp³-hybridized carbons (Fsp3) is 0.571. The smallest absolute Gasteiger partial charge is 0.208 e. The first kappa shape index (κ1) is 18.4. The maximum Gasteiger partial charge on any atom is 0.208 e. The summed E-state index contributed by atoms with van der Waals surface area (Å²) < 4.78 is 39.1. The third kappa shape index (κ3) is 25.4. The molecule has 0 saturated carbocycles. The van der Waals surface area contributed by atoms with Crippen LogP contribution in [0.15, 0.2) is 18.5 Å². The highest BCUT2D eigenvalue weighted by Gasteiger charge is 1.91. The van der Waals surface area contributed by atoms with E-state index in [1.807, 2.05) is 6.07 Å². The van der Waals surface area contributed by atoms with Crippen molar-refractivity contribution in [3.05, 3.63) is 18.5 Å². The number of primary sulfonamides is 2. The molecule has 0 aromatic carbocycles. The van der Waals surface area contributed by atoms with Gasteiger partial charge in [0.1, 0.15) is 0 Å². The molecule has 1 aromatic heterocycles. The van der Waals surface area contributed by atoms with Crippen LogP contribution in [0, 0.1) is 0 Å². The van der Waals surface area contributed by atoms with Crippen molar-refractivity contribution in [3.8, 4) is 0 Å². The molecular weight excluding hydrogens is 268 g/mol. The first-order chi connectivity index (χ1) is 7.62. The van der Waals surface area contributed by atoms with E-state index in [-0.39, 0.29) is 11.5 Å². The van der Waals surface area contributed by atoms with Gasteiger partial charge in [-0.25, -0.2) is 27.1 Å². The average molecular weight is 286 g/mol. The zero-order valence-corrected chi connectivity index (χ0v) is 11.3. The van der Waals surface area contributed by atoms with Crippen LogP contribution in [0.3, 0.4) is 0 Å². The summed E-state index contributed by atoms with van der Waals surface area (Å²) in [4.78, 5) is 0. The standard InChI is InChI=1S/C3H4N2.2C2H7NO2S/c1-2-4-5-3-1;2*1-2-6(3,4)5/h1-3H,(H,4,5);2*2H2,1H3,(H2,3,4,5). The van der Waals surface area contributed by atoms with Crippen LogP contribution in [-0.2, 0) is 20.0 Å². The van der Waals surface area contributed by atoms with Gasteiger partial charge in [0.25, 0.3) is 0 Å². The third-order valence-electron chi connectivity index (χ3n) is 1.21. The third-order valence-corrected chi connectivity index (χ3v) is 2.82. The Bertz CT molecular complexity index is 403. The topological polar surface area (TPSA) is 149 Å². The number of aromatic nitrogens is 2. The molecule has 1 rings (SSSR count). The van der Waals surface area contributed by atoms with Crippen LogP contribution in [0.25, 0.3) is 0 Å². The Morgan fingerprint density at radius 1 is 1.06 bits per heavy atom. The van der Waals surface area contributed by atoms with Crippen molar-refractivity contribution >= 4 is 20.0 Å². The highest BCUT2D eigenvalue weighted by Crippen LogP contribution is 1.69. The van der Waals surface area contributed by atoms with Gasteiger partial charge < -0.3 is 0 Å². The molecule has 8 nitrogen and oxygen atoms in total. The monoisotopic (exact) mass is 286 g/mol. The Balaban J connectivity index is 0. The lowest BCUT2D eigenvalue weighted by Gasteiger charge is -1.81. The van der Waals surface area contributed by atoms with Crippen molar-refractivity contribution in [2.75, 3.05) is 11.5 Å². The maximum atomic E-state index is 9.78. The molecule has 5 N–H and O–H groups in total. The second-order valence-corrected chi connectivity index (χ2v) is 6.48. The minimum Gasteiger partial charge on any atom is -0.286 e. The minimum atomic E-state index is -3.16. The summed E-state index contributed by atoms with van der Waals surface area (Å²) in [5.41, 5.74) is 0. The van der Waals surface area contributed by atoms with Crippen LogP contribution in [0.1, 0.15) is 13.8 Å². The first-order valence-corrected chi connectivity index (χ1v) is 8.00.